The summed E-state index contributed by atoms with van der Waals surface area (Å²) in [6, 6.07) is 12.0. The van der Waals surface area contributed by atoms with Crippen LogP contribution >= 0.6 is 0 Å². The molecule has 0 aliphatic carbocycles. The average molecular weight is 255 g/mol. The van der Waals surface area contributed by atoms with Gasteiger partial charge in [0.05, 0.1) is 0 Å². The summed E-state index contributed by atoms with van der Waals surface area (Å²) in [6.07, 6.45) is 2.66. The van der Waals surface area contributed by atoms with E-state index in [0.717, 1.165) is 0 Å². The zero-order valence-electron chi connectivity index (χ0n) is 10.2. The number of carbonyl (C=O) groups excluding carboxylic acids is 1. The minimum Gasteiger partial charge on any atom is -0.619 e. The summed E-state index contributed by atoms with van der Waals surface area (Å²) in [5.74, 6) is 0.142. The molecule has 1 heterocycles. The third kappa shape index (κ3) is 3.38. The first-order valence-corrected chi connectivity index (χ1v) is 5.74. The quantitative estimate of drug-likeness (QED) is 0.290. The molecule has 0 spiro atoms. The first-order valence-electron chi connectivity index (χ1n) is 5.74. The normalized spacial score (nSPS) is 11.3. The molecule has 0 radical (unpaired) electrons. The summed E-state index contributed by atoms with van der Waals surface area (Å²) in [6.45, 7) is -0.0118. The molecule has 0 bridgehead atoms. The molecule has 0 amide bonds. The number of Topliss-reactive ketones (excluding diaryl/α,β-unsaturated/α-hetero) is 1. The predicted molar refractivity (Wildman–Crippen MR) is 71.8 cm³/mol. The van der Waals surface area contributed by atoms with Crippen molar-refractivity contribution in [3.05, 3.63) is 71.2 Å². The number of benzene rings is 1. The summed E-state index contributed by atoms with van der Waals surface area (Å²) < 4.78 is 0.659. The van der Waals surface area contributed by atoms with Crippen molar-refractivity contribution in [2.75, 3.05) is 6.54 Å². The summed E-state index contributed by atoms with van der Waals surface area (Å²) in [7, 11) is 0. The molecule has 0 saturated carbocycles. The van der Waals surface area contributed by atoms with E-state index in [0.29, 0.717) is 15.9 Å². The van der Waals surface area contributed by atoms with E-state index in [1.807, 2.05) is 6.07 Å². The Kier molecular flexibility index (Phi) is 3.87. The maximum Gasteiger partial charge on any atom is 0.184 e. The molecule has 0 aliphatic heterocycles. The first kappa shape index (κ1) is 12.8. The van der Waals surface area contributed by atoms with Crippen LogP contribution in [0.5, 0.6) is 0 Å². The molecule has 19 heavy (non-hydrogen) atoms. The van der Waals surface area contributed by atoms with E-state index >= 15 is 0 Å². The number of hydrogen-bond acceptors (Lipinski definition) is 3. The van der Waals surface area contributed by atoms with Crippen LogP contribution in [0.1, 0.15) is 15.9 Å². The fourth-order valence-electron chi connectivity index (χ4n) is 1.55. The largest absolute Gasteiger partial charge is 0.619 e. The van der Waals surface area contributed by atoms with E-state index in [1.165, 1.54) is 12.4 Å². The van der Waals surface area contributed by atoms with Crippen molar-refractivity contribution < 1.29 is 9.52 Å². The minimum absolute atomic E-state index is 0.0118. The predicted octanol–water partition coefficient (Wildman–Crippen LogP) is 0.908. The lowest BCUT2D eigenvalue weighted by Gasteiger charge is -2.01. The van der Waals surface area contributed by atoms with Crippen LogP contribution in [0.15, 0.2) is 59.9 Å². The van der Waals surface area contributed by atoms with Gasteiger partial charge >= 0.3 is 0 Å². The number of carbonyl (C=O) groups is 1. The van der Waals surface area contributed by atoms with Crippen molar-refractivity contribution in [3.8, 4) is 0 Å². The number of aromatic nitrogens is 1. The zero-order valence-corrected chi connectivity index (χ0v) is 10.2. The Labute approximate surface area is 110 Å². The third-order valence-electron chi connectivity index (χ3n) is 2.59. The van der Waals surface area contributed by atoms with Crippen molar-refractivity contribution in [2.45, 2.75) is 0 Å². The zero-order chi connectivity index (χ0) is 13.7. The van der Waals surface area contributed by atoms with Crippen molar-refractivity contribution in [1.82, 2.24) is 0 Å². The van der Waals surface area contributed by atoms with Gasteiger partial charge < -0.3 is 10.9 Å². The Balaban J connectivity index is 2.06. The van der Waals surface area contributed by atoms with Crippen LogP contribution in [0.4, 0.5) is 0 Å². The van der Waals surface area contributed by atoms with Gasteiger partial charge in [-0.1, -0.05) is 30.3 Å². The van der Waals surface area contributed by atoms with Crippen molar-refractivity contribution in [3.63, 3.8) is 0 Å². The lowest BCUT2D eigenvalue weighted by molar-refractivity contribution is -0.605. The molecular weight excluding hydrogens is 242 g/mol. The third-order valence-corrected chi connectivity index (χ3v) is 2.59. The van der Waals surface area contributed by atoms with Gasteiger partial charge in [-0.05, 0) is 0 Å². The van der Waals surface area contributed by atoms with Crippen LogP contribution in [0, 0.1) is 5.21 Å². The molecule has 2 rings (SSSR count). The summed E-state index contributed by atoms with van der Waals surface area (Å²) in [5.41, 5.74) is 6.98. The molecule has 96 valence electrons. The summed E-state index contributed by atoms with van der Waals surface area (Å²) in [4.78, 5) is 15.9. The Morgan fingerprint density at radius 1 is 1.11 bits per heavy atom. The first-order chi connectivity index (χ1) is 9.16. The molecule has 2 N–H and O–H groups in total. The molecule has 0 saturated heterocycles. The molecule has 5 nitrogen and oxygen atoms in total. The van der Waals surface area contributed by atoms with Crippen molar-refractivity contribution >= 4 is 11.6 Å². The Bertz CT molecular complexity index is 592. The highest BCUT2D eigenvalue weighted by Gasteiger charge is 2.05. The van der Waals surface area contributed by atoms with Gasteiger partial charge in [0.2, 0.25) is 0 Å². The smallest absolute Gasteiger partial charge is 0.184 e. The van der Waals surface area contributed by atoms with Crippen molar-refractivity contribution in [1.29, 1.82) is 0 Å². The van der Waals surface area contributed by atoms with Crippen LogP contribution in [0.25, 0.3) is 0 Å². The van der Waals surface area contributed by atoms with E-state index in [9.17, 15) is 10.0 Å². The molecule has 1 aromatic carbocycles. The fourth-order valence-corrected chi connectivity index (χ4v) is 1.55. The second kappa shape index (κ2) is 5.77. The highest BCUT2D eigenvalue weighted by atomic mass is 16.5. The summed E-state index contributed by atoms with van der Waals surface area (Å²) >= 11 is 0. The van der Waals surface area contributed by atoms with Gasteiger partial charge in [0, 0.05) is 23.3 Å². The van der Waals surface area contributed by atoms with E-state index in [-0.39, 0.29) is 18.2 Å². The Hall–Kier alpha value is -2.69. The summed E-state index contributed by atoms with van der Waals surface area (Å²) in [5, 5.41) is 10.9. The SMILES string of the molecule is NC(=NCC(=O)c1ccccc1)c1cc[n+]([O-])cc1. The van der Waals surface area contributed by atoms with Gasteiger partial charge in [-0.15, -0.1) is 0 Å². The molecule has 5 heteroatoms. The van der Waals surface area contributed by atoms with E-state index in [1.54, 1.807) is 36.4 Å². The lowest BCUT2D eigenvalue weighted by atomic mass is 10.1. The number of amidine groups is 1. The fraction of sp³-hybridized carbons (Fsp3) is 0.0714. The molecule has 0 fully saturated rings. The Morgan fingerprint density at radius 3 is 2.37 bits per heavy atom. The van der Waals surface area contributed by atoms with E-state index < -0.39 is 0 Å². The number of nitrogens with two attached hydrogens (primary N) is 1. The van der Waals surface area contributed by atoms with E-state index in [2.05, 4.69) is 4.99 Å². The second-order valence-electron chi connectivity index (χ2n) is 3.94. The average Bonchev–Trinajstić information content (AvgIpc) is 2.46. The molecule has 0 aliphatic rings. The van der Waals surface area contributed by atoms with Gasteiger partial charge in [-0.2, -0.15) is 4.73 Å². The van der Waals surface area contributed by atoms with Gasteiger partial charge in [0.25, 0.3) is 0 Å². The van der Waals surface area contributed by atoms with Gasteiger partial charge in [0.15, 0.2) is 18.2 Å². The number of ketones is 1. The minimum atomic E-state index is -0.0987. The van der Waals surface area contributed by atoms with Crippen LogP contribution in [0.3, 0.4) is 0 Å². The monoisotopic (exact) mass is 255 g/mol. The number of rotatable bonds is 4. The van der Waals surface area contributed by atoms with Gasteiger partial charge in [-0.25, -0.2) is 0 Å². The van der Waals surface area contributed by atoms with Crippen LogP contribution in [-0.2, 0) is 0 Å². The lowest BCUT2D eigenvalue weighted by Crippen LogP contribution is -2.25. The Morgan fingerprint density at radius 2 is 1.74 bits per heavy atom. The molecule has 0 atom stereocenters. The van der Waals surface area contributed by atoms with Gasteiger partial charge in [-0.3, -0.25) is 9.79 Å². The highest BCUT2D eigenvalue weighted by Crippen LogP contribution is 2.01. The maximum absolute atomic E-state index is 11.8. The molecule has 1 aromatic heterocycles. The topological polar surface area (TPSA) is 82.4 Å². The molecule has 0 unspecified atom stereocenters. The molecule has 2 aromatic rings. The van der Waals surface area contributed by atoms with Gasteiger partial charge in [0.1, 0.15) is 12.4 Å². The van der Waals surface area contributed by atoms with Crippen LogP contribution in [0.2, 0.25) is 0 Å². The number of nitrogens with zero attached hydrogens (tertiary/aromatic N) is 2. The van der Waals surface area contributed by atoms with Crippen LogP contribution < -0.4 is 10.5 Å². The van der Waals surface area contributed by atoms with Crippen LogP contribution in [-0.4, -0.2) is 18.2 Å². The van der Waals surface area contributed by atoms with E-state index in [4.69, 9.17) is 5.73 Å². The highest BCUT2D eigenvalue weighted by molar-refractivity contribution is 6.02. The number of pyridine rings is 1. The second-order valence-corrected chi connectivity index (χ2v) is 3.94. The standard InChI is InChI=1S/C14H13N3O2/c15-14(12-6-8-17(19)9-7-12)16-10-13(18)11-4-2-1-3-5-11/h1-9H,10H2,(H2,15,16). The number of aliphatic imine (C=N–C) groups is 1. The molecular formula is C14H13N3O2. The number of hydrogen-bond donors (Lipinski definition) is 1. The maximum atomic E-state index is 11.8. The van der Waals surface area contributed by atoms with Crippen molar-refractivity contribution in [2.24, 2.45) is 10.7 Å².